The Kier molecular flexibility index (Phi) is 2.26. The third-order valence-corrected chi connectivity index (χ3v) is 4.53. The van der Waals surface area contributed by atoms with Gasteiger partial charge in [-0.05, 0) is 24.8 Å². The molecule has 3 rings (SSSR count). The van der Waals surface area contributed by atoms with Crippen LogP contribution in [0.5, 0.6) is 0 Å². The normalized spacial score (nSPS) is 35.6. The van der Waals surface area contributed by atoms with E-state index in [9.17, 15) is 9.90 Å². The number of benzene rings is 1. The molecule has 1 heterocycles. The Bertz CT molecular complexity index is 445. The van der Waals surface area contributed by atoms with Gasteiger partial charge in [0.1, 0.15) is 0 Å². The van der Waals surface area contributed by atoms with Crippen molar-refractivity contribution in [1.82, 2.24) is 4.90 Å². The fourth-order valence-corrected chi connectivity index (χ4v) is 3.31. The summed E-state index contributed by atoms with van der Waals surface area (Å²) in [6.45, 7) is 3.86. The lowest BCUT2D eigenvalue weighted by molar-refractivity contribution is -0.145. The molecule has 17 heavy (non-hydrogen) atoms. The van der Waals surface area contributed by atoms with Crippen molar-refractivity contribution in [2.24, 2.45) is 11.3 Å². The topological polar surface area (TPSA) is 40.5 Å². The maximum atomic E-state index is 11.3. The number of rotatable bonds is 3. The van der Waals surface area contributed by atoms with Crippen LogP contribution in [-0.2, 0) is 11.3 Å². The fraction of sp³-hybridized carbons (Fsp3) is 0.500. The number of nitrogens with zero attached hydrogens (tertiary/aromatic N) is 1. The summed E-state index contributed by atoms with van der Waals surface area (Å²) in [6.07, 6.45) is 0.870. The average molecular weight is 231 g/mol. The monoisotopic (exact) mass is 231 g/mol. The maximum Gasteiger partial charge on any atom is 0.311 e. The van der Waals surface area contributed by atoms with Crippen molar-refractivity contribution in [2.75, 3.05) is 6.54 Å². The molecule has 3 atom stereocenters. The first-order valence-corrected chi connectivity index (χ1v) is 6.16. The second kappa shape index (κ2) is 3.57. The van der Waals surface area contributed by atoms with E-state index in [2.05, 4.69) is 24.0 Å². The van der Waals surface area contributed by atoms with E-state index in [0.29, 0.717) is 5.92 Å². The molecular formula is C14H17NO2. The molecule has 2 aliphatic rings. The van der Waals surface area contributed by atoms with Gasteiger partial charge in [-0.25, -0.2) is 0 Å². The number of hydrogen-bond acceptors (Lipinski definition) is 2. The maximum absolute atomic E-state index is 11.3. The van der Waals surface area contributed by atoms with Crippen LogP contribution in [0.15, 0.2) is 30.3 Å². The lowest BCUT2D eigenvalue weighted by Gasteiger charge is -2.27. The van der Waals surface area contributed by atoms with E-state index in [1.54, 1.807) is 0 Å². The van der Waals surface area contributed by atoms with Crippen molar-refractivity contribution in [3.8, 4) is 0 Å². The molecule has 0 bridgehead atoms. The number of fused-ring (bicyclic) bond motifs is 1. The number of carboxylic acids is 1. The summed E-state index contributed by atoms with van der Waals surface area (Å²) in [5, 5.41) is 9.34. The highest BCUT2D eigenvalue weighted by Gasteiger charge is 2.69. The number of likely N-dealkylation sites (tertiary alicyclic amines) is 1. The van der Waals surface area contributed by atoms with Crippen molar-refractivity contribution in [2.45, 2.75) is 25.9 Å². The smallest absolute Gasteiger partial charge is 0.311 e. The molecule has 3 heteroatoms. The quantitative estimate of drug-likeness (QED) is 0.864. The molecule has 90 valence electrons. The summed E-state index contributed by atoms with van der Waals surface area (Å²) >= 11 is 0. The molecule has 0 aromatic heterocycles. The van der Waals surface area contributed by atoms with Crippen molar-refractivity contribution >= 4 is 5.97 Å². The first kappa shape index (κ1) is 10.8. The molecule has 1 aromatic carbocycles. The molecule has 1 unspecified atom stereocenters. The van der Waals surface area contributed by atoms with E-state index in [1.807, 2.05) is 18.2 Å². The third kappa shape index (κ3) is 1.49. The van der Waals surface area contributed by atoms with E-state index < -0.39 is 11.4 Å². The number of carboxylic acid groups (broad SMARTS) is 1. The Balaban J connectivity index is 1.74. The zero-order chi connectivity index (χ0) is 12.0. The van der Waals surface area contributed by atoms with E-state index in [-0.39, 0.29) is 6.04 Å². The van der Waals surface area contributed by atoms with Gasteiger partial charge in [-0.3, -0.25) is 9.69 Å². The molecular weight excluding hydrogens is 214 g/mol. The number of carbonyl (C=O) groups is 1. The fourth-order valence-electron chi connectivity index (χ4n) is 3.31. The molecule has 1 N–H and O–H groups in total. The average Bonchev–Trinajstić information content (AvgIpc) is 2.98. The first-order valence-electron chi connectivity index (χ1n) is 6.16. The minimum Gasteiger partial charge on any atom is -0.481 e. The second-order valence-corrected chi connectivity index (χ2v) is 5.34. The van der Waals surface area contributed by atoms with Gasteiger partial charge in [-0.1, -0.05) is 30.3 Å². The summed E-state index contributed by atoms with van der Waals surface area (Å²) in [5.74, 6) is -0.232. The summed E-state index contributed by atoms with van der Waals surface area (Å²) in [7, 11) is 0. The Morgan fingerprint density at radius 2 is 2.18 bits per heavy atom. The van der Waals surface area contributed by atoms with Crippen LogP contribution in [-0.4, -0.2) is 28.6 Å². The zero-order valence-electron chi connectivity index (χ0n) is 9.97. The molecule has 0 amide bonds. The van der Waals surface area contributed by atoms with Crippen LogP contribution in [0.3, 0.4) is 0 Å². The molecule has 0 radical (unpaired) electrons. The summed E-state index contributed by atoms with van der Waals surface area (Å²) < 4.78 is 0. The molecule has 0 spiro atoms. The molecule has 1 aromatic rings. The predicted octanol–water partition coefficient (Wildman–Crippen LogP) is 1.98. The van der Waals surface area contributed by atoms with Gasteiger partial charge in [-0.15, -0.1) is 0 Å². The molecule has 3 nitrogen and oxygen atoms in total. The van der Waals surface area contributed by atoms with Gasteiger partial charge >= 0.3 is 5.97 Å². The highest BCUT2D eigenvalue weighted by atomic mass is 16.4. The van der Waals surface area contributed by atoms with E-state index in [1.165, 1.54) is 5.56 Å². The van der Waals surface area contributed by atoms with Gasteiger partial charge in [0.05, 0.1) is 5.41 Å². The largest absolute Gasteiger partial charge is 0.481 e. The number of hydrogen-bond donors (Lipinski definition) is 1. The first-order chi connectivity index (χ1) is 8.14. The third-order valence-electron chi connectivity index (χ3n) is 4.53. The SMILES string of the molecule is CC1N(Cc2ccccc2)C[C@@H]2C[C@]12C(=O)O. The van der Waals surface area contributed by atoms with E-state index in [4.69, 9.17) is 0 Å². The van der Waals surface area contributed by atoms with Gasteiger partial charge in [0.15, 0.2) is 0 Å². The number of piperidine rings is 1. The van der Waals surface area contributed by atoms with Crippen LogP contribution >= 0.6 is 0 Å². The Morgan fingerprint density at radius 3 is 2.76 bits per heavy atom. The summed E-state index contributed by atoms with van der Waals surface area (Å²) in [5.41, 5.74) is 0.829. The van der Waals surface area contributed by atoms with Crippen LogP contribution in [0.1, 0.15) is 18.9 Å². The molecule has 1 aliphatic heterocycles. The Morgan fingerprint density at radius 1 is 1.47 bits per heavy atom. The van der Waals surface area contributed by atoms with Gasteiger partial charge in [0.2, 0.25) is 0 Å². The van der Waals surface area contributed by atoms with Crippen LogP contribution in [0.2, 0.25) is 0 Å². The summed E-state index contributed by atoms with van der Waals surface area (Å²) in [4.78, 5) is 13.6. The van der Waals surface area contributed by atoms with Gasteiger partial charge in [0, 0.05) is 19.1 Å². The molecule has 1 saturated heterocycles. The second-order valence-electron chi connectivity index (χ2n) is 5.34. The molecule has 1 aliphatic carbocycles. The standard InChI is InChI=1S/C14H17NO2/c1-10-14(13(16)17)7-12(14)9-15(10)8-11-5-3-2-4-6-11/h2-6,10,12H,7-9H2,1H3,(H,16,17)/t10?,12-,14-/m0/s1. The van der Waals surface area contributed by atoms with E-state index in [0.717, 1.165) is 19.5 Å². The molecule has 2 fully saturated rings. The zero-order valence-corrected chi connectivity index (χ0v) is 9.97. The highest BCUT2D eigenvalue weighted by Crippen LogP contribution is 2.61. The van der Waals surface area contributed by atoms with Gasteiger partial charge in [-0.2, -0.15) is 0 Å². The lowest BCUT2D eigenvalue weighted by atomic mass is 9.98. The summed E-state index contributed by atoms with van der Waals surface area (Å²) in [6, 6.07) is 10.4. The van der Waals surface area contributed by atoms with Crippen LogP contribution in [0.4, 0.5) is 0 Å². The van der Waals surface area contributed by atoms with Crippen LogP contribution < -0.4 is 0 Å². The van der Waals surface area contributed by atoms with Crippen LogP contribution in [0, 0.1) is 11.3 Å². The van der Waals surface area contributed by atoms with Crippen LogP contribution in [0.25, 0.3) is 0 Å². The van der Waals surface area contributed by atoms with Gasteiger partial charge in [0.25, 0.3) is 0 Å². The predicted molar refractivity (Wildman–Crippen MR) is 64.5 cm³/mol. The Hall–Kier alpha value is -1.35. The lowest BCUT2D eigenvalue weighted by Crippen LogP contribution is -2.37. The minimum absolute atomic E-state index is 0.158. The Labute approximate surface area is 101 Å². The van der Waals surface area contributed by atoms with Crippen molar-refractivity contribution in [3.63, 3.8) is 0 Å². The van der Waals surface area contributed by atoms with Crippen molar-refractivity contribution in [3.05, 3.63) is 35.9 Å². The van der Waals surface area contributed by atoms with E-state index >= 15 is 0 Å². The van der Waals surface area contributed by atoms with Crippen molar-refractivity contribution in [1.29, 1.82) is 0 Å². The number of aliphatic carboxylic acids is 1. The van der Waals surface area contributed by atoms with Gasteiger partial charge < -0.3 is 5.11 Å². The molecule has 1 saturated carbocycles. The minimum atomic E-state index is -0.606. The van der Waals surface area contributed by atoms with Crippen molar-refractivity contribution < 1.29 is 9.90 Å². The highest BCUT2D eigenvalue weighted by molar-refractivity contribution is 5.80.